The maximum atomic E-state index is 11.5. The van der Waals surface area contributed by atoms with Crippen LogP contribution in [0, 0.1) is 6.92 Å². The molecule has 0 aliphatic rings. The fourth-order valence-corrected chi connectivity index (χ4v) is 2.12. The van der Waals surface area contributed by atoms with Gasteiger partial charge in [0, 0.05) is 18.3 Å². The van der Waals surface area contributed by atoms with Crippen LogP contribution in [-0.4, -0.2) is 19.3 Å². The summed E-state index contributed by atoms with van der Waals surface area (Å²) in [6, 6.07) is 0. The molecule has 0 aliphatic carbocycles. The van der Waals surface area contributed by atoms with E-state index in [0.29, 0.717) is 6.54 Å². The van der Waals surface area contributed by atoms with Crippen molar-refractivity contribution in [3.8, 4) is 0 Å². The topological polar surface area (TPSA) is 52.7 Å². The SMILES string of the molecule is Cc1ncsc1CCn1ncn(C)c1=O. The van der Waals surface area contributed by atoms with Gasteiger partial charge in [-0.3, -0.25) is 4.57 Å². The van der Waals surface area contributed by atoms with Crippen molar-refractivity contribution in [3.63, 3.8) is 0 Å². The van der Waals surface area contributed by atoms with Crippen molar-refractivity contribution >= 4 is 11.3 Å². The highest BCUT2D eigenvalue weighted by molar-refractivity contribution is 7.09. The molecule has 0 bridgehead atoms. The number of nitrogens with zero attached hydrogens (tertiary/aromatic N) is 4. The Balaban J connectivity index is 2.09. The molecule has 0 saturated carbocycles. The Hall–Kier alpha value is -1.43. The van der Waals surface area contributed by atoms with Crippen LogP contribution < -0.4 is 5.69 Å². The molecule has 0 spiro atoms. The number of rotatable bonds is 3. The normalized spacial score (nSPS) is 10.8. The number of hydrogen-bond donors (Lipinski definition) is 0. The van der Waals surface area contributed by atoms with Crippen LogP contribution in [0.1, 0.15) is 10.6 Å². The molecule has 6 heteroatoms. The zero-order chi connectivity index (χ0) is 10.8. The predicted octanol–water partition coefficient (Wildman–Crippen LogP) is 0.589. The molecule has 0 radical (unpaired) electrons. The van der Waals surface area contributed by atoms with E-state index in [-0.39, 0.29) is 5.69 Å². The molecular weight excluding hydrogens is 212 g/mol. The number of aromatic nitrogens is 4. The van der Waals surface area contributed by atoms with Crippen molar-refractivity contribution in [2.45, 2.75) is 19.9 Å². The summed E-state index contributed by atoms with van der Waals surface area (Å²) < 4.78 is 2.94. The van der Waals surface area contributed by atoms with Gasteiger partial charge in [-0.2, -0.15) is 5.10 Å². The van der Waals surface area contributed by atoms with Crippen molar-refractivity contribution in [2.75, 3.05) is 0 Å². The third-order valence-corrected chi connectivity index (χ3v) is 3.28. The van der Waals surface area contributed by atoms with Gasteiger partial charge < -0.3 is 0 Å². The lowest BCUT2D eigenvalue weighted by molar-refractivity contribution is 0.586. The standard InChI is InChI=1S/C9H12N4OS/c1-7-8(15-6-10-7)3-4-13-9(14)12(2)5-11-13/h5-6H,3-4H2,1-2H3. The molecule has 0 N–H and O–H groups in total. The fourth-order valence-electron chi connectivity index (χ4n) is 1.35. The zero-order valence-corrected chi connectivity index (χ0v) is 9.49. The molecule has 0 atom stereocenters. The molecular formula is C9H12N4OS. The molecule has 0 saturated heterocycles. The minimum atomic E-state index is -0.0721. The van der Waals surface area contributed by atoms with E-state index in [4.69, 9.17) is 0 Å². The Morgan fingerprint density at radius 2 is 2.33 bits per heavy atom. The van der Waals surface area contributed by atoms with Crippen LogP contribution >= 0.6 is 11.3 Å². The number of hydrogen-bond acceptors (Lipinski definition) is 4. The molecule has 15 heavy (non-hydrogen) atoms. The Morgan fingerprint density at radius 1 is 1.53 bits per heavy atom. The summed E-state index contributed by atoms with van der Waals surface area (Å²) in [5.74, 6) is 0. The molecule has 0 aliphatic heterocycles. The second-order valence-corrected chi connectivity index (χ2v) is 4.30. The average molecular weight is 224 g/mol. The number of aryl methyl sites for hydroxylation is 4. The van der Waals surface area contributed by atoms with E-state index in [2.05, 4.69) is 10.1 Å². The highest BCUT2D eigenvalue weighted by atomic mass is 32.1. The molecule has 2 rings (SSSR count). The van der Waals surface area contributed by atoms with Gasteiger partial charge in [0.15, 0.2) is 0 Å². The van der Waals surface area contributed by atoms with Gasteiger partial charge in [-0.25, -0.2) is 14.5 Å². The van der Waals surface area contributed by atoms with Gasteiger partial charge in [0.1, 0.15) is 6.33 Å². The highest BCUT2D eigenvalue weighted by Crippen LogP contribution is 2.12. The lowest BCUT2D eigenvalue weighted by Crippen LogP contribution is -2.23. The van der Waals surface area contributed by atoms with E-state index in [0.717, 1.165) is 12.1 Å². The lowest BCUT2D eigenvalue weighted by atomic mass is 10.3. The van der Waals surface area contributed by atoms with Crippen molar-refractivity contribution in [1.29, 1.82) is 0 Å². The van der Waals surface area contributed by atoms with Gasteiger partial charge in [-0.15, -0.1) is 11.3 Å². The minimum Gasteiger partial charge on any atom is -0.285 e. The molecule has 0 fully saturated rings. The summed E-state index contributed by atoms with van der Waals surface area (Å²) in [4.78, 5) is 16.8. The van der Waals surface area contributed by atoms with Gasteiger partial charge in [0.25, 0.3) is 0 Å². The minimum absolute atomic E-state index is 0.0721. The first-order valence-corrected chi connectivity index (χ1v) is 5.54. The Labute approximate surface area is 91.0 Å². The van der Waals surface area contributed by atoms with Gasteiger partial charge in [0.05, 0.1) is 17.7 Å². The summed E-state index contributed by atoms with van der Waals surface area (Å²) in [7, 11) is 1.70. The molecule has 80 valence electrons. The van der Waals surface area contributed by atoms with E-state index < -0.39 is 0 Å². The second-order valence-electron chi connectivity index (χ2n) is 3.36. The first-order chi connectivity index (χ1) is 7.18. The van der Waals surface area contributed by atoms with Crippen LogP contribution in [-0.2, 0) is 20.0 Å². The molecule has 0 aromatic carbocycles. The van der Waals surface area contributed by atoms with Gasteiger partial charge in [-0.1, -0.05) is 0 Å². The van der Waals surface area contributed by atoms with Crippen LogP contribution in [0.15, 0.2) is 16.6 Å². The van der Waals surface area contributed by atoms with Crippen molar-refractivity contribution < 1.29 is 0 Å². The summed E-state index contributed by atoms with van der Waals surface area (Å²) in [6.45, 7) is 2.59. The Kier molecular flexibility index (Phi) is 2.68. The van der Waals surface area contributed by atoms with Gasteiger partial charge >= 0.3 is 5.69 Å². The predicted molar refractivity (Wildman–Crippen MR) is 58.0 cm³/mol. The first kappa shape index (κ1) is 10.1. The third-order valence-electron chi connectivity index (χ3n) is 2.28. The zero-order valence-electron chi connectivity index (χ0n) is 8.67. The van der Waals surface area contributed by atoms with E-state index in [1.165, 1.54) is 20.5 Å². The Bertz CT molecular complexity index is 510. The largest absolute Gasteiger partial charge is 0.345 e. The number of thiazole rings is 1. The van der Waals surface area contributed by atoms with Crippen LogP contribution in [0.25, 0.3) is 0 Å². The molecule has 2 aromatic heterocycles. The Morgan fingerprint density at radius 3 is 2.87 bits per heavy atom. The monoisotopic (exact) mass is 224 g/mol. The highest BCUT2D eigenvalue weighted by Gasteiger charge is 2.04. The molecule has 5 nitrogen and oxygen atoms in total. The fraction of sp³-hybridized carbons (Fsp3) is 0.444. The molecule has 2 aromatic rings. The summed E-state index contributed by atoms with van der Waals surface area (Å²) >= 11 is 1.62. The lowest BCUT2D eigenvalue weighted by Gasteiger charge is -1.98. The summed E-state index contributed by atoms with van der Waals surface area (Å²) in [6.07, 6.45) is 2.34. The molecule has 2 heterocycles. The quantitative estimate of drug-likeness (QED) is 0.766. The van der Waals surface area contributed by atoms with Crippen molar-refractivity contribution in [1.82, 2.24) is 19.3 Å². The van der Waals surface area contributed by atoms with E-state index >= 15 is 0 Å². The van der Waals surface area contributed by atoms with Crippen LogP contribution in [0.5, 0.6) is 0 Å². The van der Waals surface area contributed by atoms with Gasteiger partial charge in [-0.05, 0) is 6.92 Å². The molecule has 0 amide bonds. The maximum absolute atomic E-state index is 11.5. The van der Waals surface area contributed by atoms with Crippen molar-refractivity contribution in [2.24, 2.45) is 7.05 Å². The van der Waals surface area contributed by atoms with Crippen LogP contribution in [0.4, 0.5) is 0 Å². The maximum Gasteiger partial charge on any atom is 0.345 e. The van der Waals surface area contributed by atoms with E-state index in [1.807, 2.05) is 12.4 Å². The molecule has 0 unspecified atom stereocenters. The first-order valence-electron chi connectivity index (χ1n) is 4.66. The van der Waals surface area contributed by atoms with Crippen LogP contribution in [0.2, 0.25) is 0 Å². The summed E-state index contributed by atoms with van der Waals surface area (Å²) in [5, 5.41) is 4.00. The average Bonchev–Trinajstić information content (AvgIpc) is 2.74. The van der Waals surface area contributed by atoms with Crippen molar-refractivity contribution in [3.05, 3.63) is 32.9 Å². The summed E-state index contributed by atoms with van der Waals surface area (Å²) in [5.41, 5.74) is 2.80. The van der Waals surface area contributed by atoms with E-state index in [1.54, 1.807) is 18.4 Å². The second kappa shape index (κ2) is 3.98. The smallest absolute Gasteiger partial charge is 0.285 e. The van der Waals surface area contributed by atoms with Crippen LogP contribution in [0.3, 0.4) is 0 Å². The third kappa shape index (κ3) is 1.99. The van der Waals surface area contributed by atoms with Gasteiger partial charge in [0.2, 0.25) is 0 Å². The van der Waals surface area contributed by atoms with E-state index in [9.17, 15) is 4.79 Å².